The van der Waals surface area contributed by atoms with Crippen molar-refractivity contribution in [3.05, 3.63) is 77.0 Å². The van der Waals surface area contributed by atoms with Gasteiger partial charge in [0.25, 0.3) is 0 Å². The number of rotatable bonds is 3. The van der Waals surface area contributed by atoms with Gasteiger partial charge in [0, 0.05) is 13.1 Å². The van der Waals surface area contributed by atoms with Gasteiger partial charge in [0.2, 0.25) is 0 Å². The Hall–Kier alpha value is -4.48. The van der Waals surface area contributed by atoms with E-state index in [4.69, 9.17) is 9.47 Å². The SMILES string of the molecule is COC(=O)N1CC(C#[N+]S(=O)(=O)c2ccc(OC(F)(F)F)cc2)[C@H](O)[C@@H](N2c3ccccc3Oc3ccccc32)C1. The smallest absolute Gasteiger partial charge is 0.453 e. The number of sulfonamides is 1. The first-order valence-electron chi connectivity index (χ1n) is 12.2. The van der Waals surface area contributed by atoms with Crippen LogP contribution < -0.4 is 14.4 Å². The van der Waals surface area contributed by atoms with Crippen LogP contribution in [0, 0.1) is 12.0 Å². The van der Waals surface area contributed by atoms with E-state index in [0.717, 1.165) is 24.3 Å². The largest absolute Gasteiger partial charge is 0.573 e. The van der Waals surface area contributed by atoms with Gasteiger partial charge in [-0.25, -0.2) is 4.79 Å². The highest BCUT2D eigenvalue weighted by molar-refractivity contribution is 7.93. The summed E-state index contributed by atoms with van der Waals surface area (Å²) in [4.78, 5) is 15.3. The lowest BCUT2D eigenvalue weighted by Gasteiger charge is -2.45. The molecule has 0 saturated carbocycles. The Balaban J connectivity index is 1.49. The zero-order chi connectivity index (χ0) is 29.4. The Bertz CT molecular complexity index is 1580. The number of fused-ring (bicyclic) bond motifs is 2. The monoisotopic (exact) mass is 590 g/mol. The van der Waals surface area contributed by atoms with Gasteiger partial charge in [0.1, 0.15) is 11.7 Å². The molecule has 2 aliphatic heterocycles. The summed E-state index contributed by atoms with van der Waals surface area (Å²) in [6.07, 6.45) is -6.91. The number of para-hydroxylation sites is 4. The number of anilines is 2. The van der Waals surface area contributed by atoms with Gasteiger partial charge >= 0.3 is 28.5 Å². The number of piperidine rings is 1. The molecule has 0 bridgehead atoms. The minimum atomic E-state index is -4.94. The molecule has 214 valence electrons. The molecular weight excluding hydrogens is 567 g/mol. The standard InChI is InChI=1S/C27H23F3N3O7S/c1-38-26(35)32-15-17(14-31-41(36,37)19-12-10-18(11-13-19)40-27(28,29)30)25(34)22(16-32)33-20-6-2-4-8-23(20)39-24-9-5-3-7-21(24)33/h2-13,17,22,25,34H,15-16H2,1H3/q+1/t17?,22-,25-/m0/s1. The van der Waals surface area contributed by atoms with Gasteiger partial charge in [0.05, 0.1) is 34.9 Å². The second kappa shape index (κ2) is 10.8. The maximum atomic E-state index is 12.9. The first-order valence-corrected chi connectivity index (χ1v) is 13.7. The second-order valence-corrected chi connectivity index (χ2v) is 10.8. The Morgan fingerprint density at radius 1 is 1.00 bits per heavy atom. The lowest BCUT2D eigenvalue weighted by Crippen LogP contribution is -2.59. The number of likely N-dealkylation sites (tertiary alicyclic amines) is 1. The van der Waals surface area contributed by atoms with E-state index in [1.165, 1.54) is 12.0 Å². The molecule has 3 aromatic carbocycles. The zero-order valence-corrected chi connectivity index (χ0v) is 22.2. The molecule has 1 unspecified atom stereocenters. The highest BCUT2D eigenvalue weighted by atomic mass is 32.2. The summed E-state index contributed by atoms with van der Waals surface area (Å²) in [5.74, 6) is -0.654. The number of aliphatic hydroxyl groups is 1. The molecule has 14 heteroatoms. The summed E-state index contributed by atoms with van der Waals surface area (Å²) in [5.41, 5.74) is 1.23. The second-order valence-electron chi connectivity index (χ2n) is 9.16. The number of hydrogen-bond donors (Lipinski definition) is 1. The molecule has 2 aliphatic rings. The number of amides is 1. The van der Waals surface area contributed by atoms with Crippen molar-refractivity contribution in [2.45, 2.75) is 23.4 Å². The third-order valence-corrected chi connectivity index (χ3v) is 7.77. The fourth-order valence-corrected chi connectivity index (χ4v) is 5.60. The molecule has 5 rings (SSSR count). The quantitative estimate of drug-likeness (QED) is 0.455. The molecule has 0 radical (unpaired) electrons. The zero-order valence-electron chi connectivity index (χ0n) is 21.4. The highest BCUT2D eigenvalue weighted by Crippen LogP contribution is 2.48. The Labute approximate surface area is 232 Å². The fraction of sp³-hybridized carbons (Fsp3) is 0.259. The van der Waals surface area contributed by atoms with Crippen LogP contribution in [-0.2, 0) is 14.8 Å². The minimum absolute atomic E-state index is 0.0160. The average Bonchev–Trinajstić information content (AvgIpc) is 2.94. The molecule has 10 nitrogen and oxygen atoms in total. The Morgan fingerprint density at radius 3 is 2.15 bits per heavy atom. The van der Waals surface area contributed by atoms with Gasteiger partial charge in [-0.15, -0.1) is 21.6 Å². The molecule has 41 heavy (non-hydrogen) atoms. The normalized spacial score (nSPS) is 20.1. The first kappa shape index (κ1) is 28.1. The molecular formula is C27H23F3N3O7S+. The average molecular weight is 591 g/mol. The van der Waals surface area contributed by atoms with Crippen molar-refractivity contribution in [3.8, 4) is 23.3 Å². The topological polar surface area (TPSA) is 110 Å². The van der Waals surface area contributed by atoms with Crippen molar-refractivity contribution in [1.82, 2.24) is 4.90 Å². The van der Waals surface area contributed by atoms with Crippen LogP contribution in [0.5, 0.6) is 17.2 Å². The van der Waals surface area contributed by atoms with Gasteiger partial charge in [-0.1, -0.05) is 24.3 Å². The fourth-order valence-electron chi connectivity index (χ4n) is 4.75. The predicted molar refractivity (Wildman–Crippen MR) is 140 cm³/mol. The van der Waals surface area contributed by atoms with Gasteiger partial charge < -0.3 is 29.1 Å². The summed E-state index contributed by atoms with van der Waals surface area (Å²) >= 11 is 0. The molecule has 0 aliphatic carbocycles. The maximum absolute atomic E-state index is 12.9. The van der Waals surface area contributed by atoms with Crippen LogP contribution in [-0.4, -0.2) is 63.2 Å². The van der Waals surface area contributed by atoms with Crippen molar-refractivity contribution in [3.63, 3.8) is 0 Å². The summed E-state index contributed by atoms with van der Waals surface area (Å²) in [7, 11) is -3.23. The van der Waals surface area contributed by atoms with E-state index in [1.54, 1.807) is 48.5 Å². The summed E-state index contributed by atoms with van der Waals surface area (Å²) in [6, 6.07) is 19.4. The molecule has 1 fully saturated rings. The molecule has 3 atom stereocenters. The van der Waals surface area contributed by atoms with E-state index in [0.29, 0.717) is 22.9 Å². The van der Waals surface area contributed by atoms with E-state index in [2.05, 4.69) is 15.1 Å². The third kappa shape index (κ3) is 5.86. The van der Waals surface area contributed by atoms with Crippen molar-refractivity contribution < 1.29 is 45.7 Å². The number of carbonyl (C=O) groups excluding carboxylic acids is 1. The molecule has 0 spiro atoms. The summed E-state index contributed by atoms with van der Waals surface area (Å²) < 4.78 is 81.3. The van der Waals surface area contributed by atoms with Gasteiger partial charge in [-0.2, -0.15) is 0 Å². The summed E-state index contributed by atoms with van der Waals surface area (Å²) in [6.45, 7) is -0.141. The lowest BCUT2D eigenvalue weighted by molar-refractivity contribution is -0.274. The highest BCUT2D eigenvalue weighted by Gasteiger charge is 2.46. The molecule has 1 N–H and O–H groups in total. The number of aliphatic hydroxyl groups excluding tert-OH is 1. The number of carbonyl (C=O) groups is 1. The number of alkyl halides is 3. The van der Waals surface area contributed by atoms with Crippen molar-refractivity contribution in [1.29, 1.82) is 0 Å². The third-order valence-electron chi connectivity index (χ3n) is 6.56. The molecule has 2 heterocycles. The van der Waals surface area contributed by atoms with Crippen molar-refractivity contribution >= 4 is 27.5 Å². The minimum Gasteiger partial charge on any atom is -0.453 e. The van der Waals surface area contributed by atoms with E-state index < -0.39 is 51.2 Å². The Kier molecular flexibility index (Phi) is 7.41. The van der Waals surface area contributed by atoms with Crippen molar-refractivity contribution in [2.75, 3.05) is 25.1 Å². The molecule has 1 amide bonds. The van der Waals surface area contributed by atoms with E-state index in [1.807, 2.05) is 4.90 Å². The number of ether oxygens (including phenoxy) is 3. The van der Waals surface area contributed by atoms with Crippen LogP contribution in [0.4, 0.5) is 29.3 Å². The number of benzene rings is 3. The van der Waals surface area contributed by atoms with Gasteiger partial charge in [-0.05, 0) is 48.5 Å². The maximum Gasteiger partial charge on any atom is 0.573 e. The van der Waals surface area contributed by atoms with Crippen LogP contribution in [0.1, 0.15) is 0 Å². The van der Waals surface area contributed by atoms with Gasteiger partial charge in [0.15, 0.2) is 16.4 Å². The number of hydrogen-bond acceptors (Lipinski definition) is 8. The van der Waals surface area contributed by atoms with Crippen LogP contribution in [0.2, 0.25) is 0 Å². The van der Waals surface area contributed by atoms with E-state index in [-0.39, 0.29) is 13.1 Å². The van der Waals surface area contributed by atoms with Crippen LogP contribution in [0.3, 0.4) is 0 Å². The molecule has 0 aromatic heterocycles. The van der Waals surface area contributed by atoms with Crippen LogP contribution >= 0.6 is 0 Å². The lowest BCUT2D eigenvalue weighted by atomic mass is 9.90. The van der Waals surface area contributed by atoms with E-state index in [9.17, 15) is 31.5 Å². The van der Waals surface area contributed by atoms with Crippen molar-refractivity contribution in [2.24, 2.45) is 5.92 Å². The number of nitrogens with zero attached hydrogens (tertiary/aromatic N) is 3. The molecule has 3 aromatic rings. The predicted octanol–water partition coefficient (Wildman–Crippen LogP) is 4.98. The van der Waals surface area contributed by atoms with E-state index >= 15 is 0 Å². The Morgan fingerprint density at radius 2 is 1.59 bits per heavy atom. The van der Waals surface area contributed by atoms with Crippen LogP contribution in [0.15, 0.2) is 77.7 Å². The first-order chi connectivity index (χ1) is 19.5. The summed E-state index contributed by atoms with van der Waals surface area (Å²) in [5, 5.41) is 11.5. The number of methoxy groups -OCH3 is 1. The van der Waals surface area contributed by atoms with Crippen LogP contribution in [0.25, 0.3) is 4.25 Å². The van der Waals surface area contributed by atoms with Gasteiger partial charge in [-0.3, -0.25) is 0 Å². The number of halogens is 3. The molecule has 1 saturated heterocycles.